The molecule has 0 saturated heterocycles. The molecule has 3 heteroatoms. The lowest BCUT2D eigenvalue weighted by molar-refractivity contribution is 0.0189. The van der Waals surface area contributed by atoms with Crippen LogP contribution < -0.4 is 0 Å². The van der Waals surface area contributed by atoms with Crippen LogP contribution >= 0.6 is 0 Å². The number of hydrogen-bond donors (Lipinski definition) is 0. The van der Waals surface area contributed by atoms with Gasteiger partial charge in [0.05, 0.1) is 6.61 Å². The van der Waals surface area contributed by atoms with Crippen LogP contribution in [0.1, 0.15) is 40.5 Å². The molecule has 0 bridgehead atoms. The number of rotatable bonds is 9. The summed E-state index contributed by atoms with van der Waals surface area (Å²) in [6.45, 7) is 16.0. The first-order valence-electron chi connectivity index (χ1n) is 6.38. The van der Waals surface area contributed by atoms with Crippen LogP contribution in [-0.2, 0) is 9.47 Å². The number of allylic oxidation sites excluding steroid dienone is 3. The Morgan fingerprint density at radius 3 is 2.44 bits per heavy atom. The maximum atomic E-state index is 5.93. The fourth-order valence-corrected chi connectivity index (χ4v) is 1.29. The minimum Gasteiger partial charge on any atom is -0.494 e. The van der Waals surface area contributed by atoms with Gasteiger partial charge in [-0.2, -0.15) is 0 Å². The molecule has 0 aliphatic carbocycles. The summed E-state index contributed by atoms with van der Waals surface area (Å²) >= 11 is 0. The van der Waals surface area contributed by atoms with Crippen LogP contribution in [0.5, 0.6) is 0 Å². The Kier molecular flexibility index (Phi) is 7.84. The van der Waals surface area contributed by atoms with Gasteiger partial charge >= 0.3 is 0 Å². The fourth-order valence-electron chi connectivity index (χ4n) is 1.29. The Bertz CT molecular complexity index is 331. The predicted octanol–water partition coefficient (Wildman–Crippen LogP) is 4.23. The summed E-state index contributed by atoms with van der Waals surface area (Å²) in [6, 6.07) is 0. The molecule has 0 aromatic heterocycles. The molecule has 102 valence electrons. The summed E-state index contributed by atoms with van der Waals surface area (Å²) in [6.07, 6.45) is 6.67. The minimum atomic E-state index is -0.567. The molecule has 18 heavy (non-hydrogen) atoms. The highest BCUT2D eigenvalue weighted by molar-refractivity contribution is 5.70. The molecule has 0 aromatic carbocycles. The topological polar surface area (TPSA) is 30.8 Å². The number of nitrogens with zero attached hydrogens (tertiary/aromatic N) is 1. The zero-order valence-electron chi connectivity index (χ0n) is 12.0. The number of aliphatic imine (C=N–C) groups is 1. The lowest BCUT2D eigenvalue weighted by Gasteiger charge is -2.26. The van der Waals surface area contributed by atoms with Crippen LogP contribution in [0.25, 0.3) is 0 Å². The molecule has 0 aromatic rings. The summed E-state index contributed by atoms with van der Waals surface area (Å²) in [7, 11) is 0. The average molecular weight is 251 g/mol. The largest absolute Gasteiger partial charge is 0.494 e. The van der Waals surface area contributed by atoms with Gasteiger partial charge in [-0.15, -0.1) is 0 Å². The van der Waals surface area contributed by atoms with E-state index < -0.39 is 5.72 Å². The molecular formula is C15H25NO2. The maximum Gasteiger partial charge on any atom is 0.196 e. The maximum absolute atomic E-state index is 5.93. The molecule has 0 N–H and O–H groups in total. The molecule has 1 atom stereocenters. The van der Waals surface area contributed by atoms with Gasteiger partial charge in [-0.05, 0) is 13.8 Å². The molecule has 3 nitrogen and oxygen atoms in total. The van der Waals surface area contributed by atoms with Crippen molar-refractivity contribution in [2.75, 3.05) is 6.61 Å². The van der Waals surface area contributed by atoms with Crippen LogP contribution in [0.15, 0.2) is 41.8 Å². The van der Waals surface area contributed by atoms with Crippen molar-refractivity contribution < 1.29 is 9.47 Å². The third-order valence-corrected chi connectivity index (χ3v) is 2.46. The van der Waals surface area contributed by atoms with E-state index in [1.807, 2.05) is 33.8 Å². The molecule has 0 heterocycles. The van der Waals surface area contributed by atoms with E-state index in [0.29, 0.717) is 12.4 Å². The second kappa shape index (κ2) is 8.56. The normalized spacial score (nSPS) is 15.2. The first-order chi connectivity index (χ1) is 8.51. The van der Waals surface area contributed by atoms with Gasteiger partial charge in [0.2, 0.25) is 0 Å². The summed E-state index contributed by atoms with van der Waals surface area (Å²) < 4.78 is 11.2. The molecule has 0 aliphatic heterocycles. The Labute approximate surface area is 111 Å². The van der Waals surface area contributed by atoms with Gasteiger partial charge in [0, 0.05) is 25.1 Å². The van der Waals surface area contributed by atoms with E-state index in [9.17, 15) is 0 Å². The third kappa shape index (κ3) is 6.28. The second-order valence-corrected chi connectivity index (χ2v) is 4.01. The third-order valence-electron chi connectivity index (χ3n) is 2.46. The highest BCUT2D eigenvalue weighted by Crippen LogP contribution is 2.23. The quantitative estimate of drug-likeness (QED) is 0.349. The summed E-state index contributed by atoms with van der Waals surface area (Å²) in [5.74, 6) is 1.43. The van der Waals surface area contributed by atoms with Crippen LogP contribution in [0.3, 0.4) is 0 Å². The minimum absolute atomic E-state index is 0.567. The van der Waals surface area contributed by atoms with Crippen LogP contribution in [0.2, 0.25) is 0 Å². The van der Waals surface area contributed by atoms with Gasteiger partial charge < -0.3 is 9.47 Å². The van der Waals surface area contributed by atoms with E-state index in [1.54, 1.807) is 12.3 Å². The number of hydrogen-bond acceptors (Lipinski definition) is 3. The second-order valence-electron chi connectivity index (χ2n) is 4.01. The highest BCUT2D eigenvalue weighted by atomic mass is 16.5. The molecule has 0 fully saturated rings. The first-order valence-corrected chi connectivity index (χ1v) is 6.38. The monoisotopic (exact) mass is 251 g/mol. The molecule has 0 aliphatic rings. The zero-order chi connectivity index (χ0) is 14.0. The summed E-state index contributed by atoms with van der Waals surface area (Å²) in [5.41, 5.74) is -0.567. The Hall–Kier alpha value is -1.51. The fraction of sp³-hybridized carbons (Fsp3) is 0.533. The van der Waals surface area contributed by atoms with Crippen LogP contribution in [0, 0.1) is 0 Å². The van der Waals surface area contributed by atoms with Crippen molar-refractivity contribution in [2.45, 2.75) is 46.3 Å². The number of ether oxygens (including phenoxy) is 2. The van der Waals surface area contributed by atoms with Gasteiger partial charge in [-0.1, -0.05) is 33.1 Å². The molecule has 0 amide bonds. The van der Waals surface area contributed by atoms with Crippen molar-refractivity contribution in [1.29, 1.82) is 0 Å². The SMILES string of the molecule is C=C/C=N\C(C)(CC)O/C(=C/C(=C)OCC)CC. The first kappa shape index (κ1) is 16.5. The van der Waals surface area contributed by atoms with E-state index in [2.05, 4.69) is 18.2 Å². The van der Waals surface area contributed by atoms with Crippen LogP contribution in [0.4, 0.5) is 0 Å². The molecule has 0 radical (unpaired) electrons. The molecule has 0 saturated carbocycles. The standard InChI is InChI=1S/C15H25NO2/c1-7-11-16-15(6,9-3)18-14(8-2)12-13(5)17-10-4/h7,11-12H,1,5,8-10H2,2-4,6H3/b14-12+,16-11-. The molecular weight excluding hydrogens is 226 g/mol. The van der Waals surface area contributed by atoms with Gasteiger partial charge in [0.1, 0.15) is 11.5 Å². The van der Waals surface area contributed by atoms with Crippen molar-refractivity contribution in [3.8, 4) is 0 Å². The highest BCUT2D eigenvalue weighted by Gasteiger charge is 2.22. The summed E-state index contributed by atoms with van der Waals surface area (Å²) in [4.78, 5) is 4.36. The molecule has 0 rings (SSSR count). The zero-order valence-corrected chi connectivity index (χ0v) is 12.0. The van der Waals surface area contributed by atoms with Gasteiger partial charge in [0.25, 0.3) is 0 Å². The van der Waals surface area contributed by atoms with Gasteiger partial charge in [0.15, 0.2) is 5.72 Å². The van der Waals surface area contributed by atoms with E-state index in [1.165, 1.54) is 0 Å². The smallest absolute Gasteiger partial charge is 0.196 e. The Balaban J connectivity index is 4.82. The van der Waals surface area contributed by atoms with Crippen LogP contribution in [-0.4, -0.2) is 18.5 Å². The van der Waals surface area contributed by atoms with Crippen molar-refractivity contribution >= 4 is 6.21 Å². The van der Waals surface area contributed by atoms with Crippen molar-refractivity contribution in [1.82, 2.24) is 0 Å². The predicted molar refractivity (Wildman–Crippen MR) is 77.6 cm³/mol. The van der Waals surface area contributed by atoms with Gasteiger partial charge in [-0.25, -0.2) is 4.99 Å². The van der Waals surface area contributed by atoms with Crippen molar-refractivity contribution in [2.24, 2.45) is 4.99 Å². The van der Waals surface area contributed by atoms with E-state index in [4.69, 9.17) is 9.47 Å². The van der Waals surface area contributed by atoms with Crippen molar-refractivity contribution in [3.63, 3.8) is 0 Å². The Morgan fingerprint density at radius 1 is 1.33 bits per heavy atom. The molecule has 0 spiro atoms. The lowest BCUT2D eigenvalue weighted by Crippen LogP contribution is -2.25. The van der Waals surface area contributed by atoms with E-state index >= 15 is 0 Å². The van der Waals surface area contributed by atoms with Gasteiger partial charge in [-0.3, -0.25) is 0 Å². The van der Waals surface area contributed by atoms with Crippen molar-refractivity contribution in [3.05, 3.63) is 36.8 Å². The van der Waals surface area contributed by atoms with E-state index in [0.717, 1.165) is 18.6 Å². The Morgan fingerprint density at radius 2 is 2.00 bits per heavy atom. The lowest BCUT2D eigenvalue weighted by atomic mass is 10.2. The van der Waals surface area contributed by atoms with E-state index in [-0.39, 0.29) is 0 Å². The average Bonchev–Trinajstić information content (AvgIpc) is 2.36. The molecule has 1 unspecified atom stereocenters. The summed E-state index contributed by atoms with van der Waals surface area (Å²) in [5, 5.41) is 0.